The lowest BCUT2D eigenvalue weighted by Crippen LogP contribution is -2.25. The van der Waals surface area contributed by atoms with E-state index in [2.05, 4.69) is 35.9 Å². The van der Waals surface area contributed by atoms with Gasteiger partial charge >= 0.3 is 0 Å². The summed E-state index contributed by atoms with van der Waals surface area (Å²) in [5.74, 6) is 2.77. The molecule has 1 fully saturated rings. The first-order valence-corrected chi connectivity index (χ1v) is 8.90. The highest BCUT2D eigenvalue weighted by Crippen LogP contribution is 2.31. The Bertz CT molecular complexity index is 939. The van der Waals surface area contributed by atoms with Crippen molar-refractivity contribution in [3.63, 3.8) is 0 Å². The van der Waals surface area contributed by atoms with Gasteiger partial charge in [0, 0.05) is 31.6 Å². The number of hydrogen-bond acceptors (Lipinski definition) is 7. The van der Waals surface area contributed by atoms with Crippen LogP contribution in [0.2, 0.25) is 0 Å². The Morgan fingerprint density at radius 1 is 1.27 bits per heavy atom. The third-order valence-electron chi connectivity index (χ3n) is 4.61. The fourth-order valence-corrected chi connectivity index (χ4v) is 3.23. The van der Waals surface area contributed by atoms with Crippen molar-refractivity contribution in [2.24, 2.45) is 0 Å². The van der Waals surface area contributed by atoms with E-state index in [1.54, 1.807) is 6.92 Å². The Balaban J connectivity index is 1.82. The molecule has 1 unspecified atom stereocenters. The number of nitrogens with zero attached hydrogens (tertiary/aromatic N) is 6. The van der Waals surface area contributed by atoms with Crippen LogP contribution in [0.5, 0.6) is 0 Å². The molecule has 138 valence electrons. The zero-order chi connectivity index (χ0) is 18.5. The lowest BCUT2D eigenvalue weighted by atomic mass is 9.95. The summed E-state index contributed by atoms with van der Waals surface area (Å²) in [6, 6.07) is 2.02. The van der Waals surface area contributed by atoms with E-state index in [-0.39, 0.29) is 11.5 Å². The molecule has 4 heterocycles. The van der Waals surface area contributed by atoms with Gasteiger partial charge < -0.3 is 19.0 Å². The molecule has 0 saturated carbocycles. The SMILES string of the molecule is Cc1nnc(Cn2ccc3c(N4CCC(O)C4)nc(C(C)(C)C)nc32)o1. The molecule has 0 spiro atoms. The molecule has 1 saturated heterocycles. The van der Waals surface area contributed by atoms with E-state index in [0.717, 1.165) is 35.6 Å². The summed E-state index contributed by atoms with van der Waals surface area (Å²) in [7, 11) is 0. The van der Waals surface area contributed by atoms with Crippen molar-refractivity contribution in [3.05, 3.63) is 29.9 Å². The molecule has 1 atom stereocenters. The first-order valence-electron chi connectivity index (χ1n) is 8.90. The summed E-state index contributed by atoms with van der Waals surface area (Å²) < 4.78 is 7.53. The summed E-state index contributed by atoms with van der Waals surface area (Å²) in [4.78, 5) is 11.8. The van der Waals surface area contributed by atoms with Crippen LogP contribution in [0.3, 0.4) is 0 Å². The predicted octanol–water partition coefficient (Wildman–Crippen LogP) is 2.04. The number of β-amino-alcohol motifs (C(OH)–C–C–N with tert-alkyl or cyclic N) is 1. The molecule has 0 amide bonds. The van der Waals surface area contributed by atoms with Crippen molar-refractivity contribution >= 4 is 16.9 Å². The van der Waals surface area contributed by atoms with Crippen LogP contribution in [0, 0.1) is 6.92 Å². The largest absolute Gasteiger partial charge is 0.424 e. The van der Waals surface area contributed by atoms with E-state index in [9.17, 15) is 5.11 Å². The summed E-state index contributed by atoms with van der Waals surface area (Å²) in [6.45, 7) is 9.95. The summed E-state index contributed by atoms with van der Waals surface area (Å²) in [6.07, 6.45) is 2.43. The van der Waals surface area contributed by atoms with Crippen molar-refractivity contribution < 1.29 is 9.52 Å². The number of aryl methyl sites for hydroxylation is 1. The van der Waals surface area contributed by atoms with E-state index in [0.29, 0.717) is 24.9 Å². The number of anilines is 1. The van der Waals surface area contributed by atoms with Gasteiger partial charge in [-0.05, 0) is 12.5 Å². The molecule has 0 aliphatic carbocycles. The molecule has 3 aromatic heterocycles. The molecule has 26 heavy (non-hydrogen) atoms. The Kier molecular flexibility index (Phi) is 3.95. The number of hydrogen-bond donors (Lipinski definition) is 1. The molecule has 0 bridgehead atoms. The van der Waals surface area contributed by atoms with Crippen LogP contribution in [0.4, 0.5) is 5.82 Å². The Hall–Kier alpha value is -2.48. The van der Waals surface area contributed by atoms with Gasteiger partial charge in [0.25, 0.3) is 0 Å². The highest BCUT2D eigenvalue weighted by molar-refractivity contribution is 5.88. The Morgan fingerprint density at radius 2 is 2.08 bits per heavy atom. The van der Waals surface area contributed by atoms with Crippen molar-refractivity contribution in [3.8, 4) is 0 Å². The van der Waals surface area contributed by atoms with Crippen molar-refractivity contribution in [1.29, 1.82) is 0 Å². The predicted molar refractivity (Wildman–Crippen MR) is 97.2 cm³/mol. The minimum absolute atomic E-state index is 0.183. The lowest BCUT2D eigenvalue weighted by Gasteiger charge is -2.22. The monoisotopic (exact) mass is 356 g/mol. The number of fused-ring (bicyclic) bond motifs is 1. The average Bonchev–Trinajstić information content (AvgIpc) is 3.27. The summed E-state index contributed by atoms with van der Waals surface area (Å²) in [5.41, 5.74) is 0.662. The van der Waals surface area contributed by atoms with Crippen LogP contribution in [-0.4, -0.2) is 49.0 Å². The Morgan fingerprint density at radius 3 is 2.69 bits per heavy atom. The van der Waals surface area contributed by atoms with Gasteiger partial charge in [0.05, 0.1) is 11.5 Å². The van der Waals surface area contributed by atoms with Gasteiger partial charge in [-0.3, -0.25) is 0 Å². The van der Waals surface area contributed by atoms with Gasteiger partial charge in [-0.2, -0.15) is 0 Å². The number of aliphatic hydroxyl groups is 1. The minimum atomic E-state index is -0.304. The van der Waals surface area contributed by atoms with Gasteiger partial charge in [-0.15, -0.1) is 10.2 Å². The van der Waals surface area contributed by atoms with Crippen LogP contribution in [0.25, 0.3) is 11.0 Å². The topological polar surface area (TPSA) is 93.1 Å². The third kappa shape index (κ3) is 3.05. The second kappa shape index (κ2) is 6.05. The van der Waals surface area contributed by atoms with E-state index in [1.165, 1.54) is 0 Å². The fraction of sp³-hybridized carbons (Fsp3) is 0.556. The van der Waals surface area contributed by atoms with Crippen molar-refractivity contribution in [2.45, 2.75) is 52.2 Å². The fourth-order valence-electron chi connectivity index (χ4n) is 3.23. The van der Waals surface area contributed by atoms with E-state index < -0.39 is 0 Å². The molecule has 0 aromatic carbocycles. The molecule has 8 heteroatoms. The summed E-state index contributed by atoms with van der Waals surface area (Å²) >= 11 is 0. The summed E-state index contributed by atoms with van der Waals surface area (Å²) in [5, 5.41) is 18.9. The maximum atomic E-state index is 9.95. The van der Waals surface area contributed by atoms with Gasteiger partial charge in [0.2, 0.25) is 11.8 Å². The molecule has 8 nitrogen and oxygen atoms in total. The van der Waals surface area contributed by atoms with E-state index in [1.807, 2.05) is 16.8 Å². The highest BCUT2D eigenvalue weighted by atomic mass is 16.4. The van der Waals surface area contributed by atoms with Crippen LogP contribution in [-0.2, 0) is 12.0 Å². The molecule has 1 N–H and O–H groups in total. The molecule has 4 rings (SSSR count). The van der Waals surface area contributed by atoms with Gasteiger partial charge in [-0.25, -0.2) is 9.97 Å². The zero-order valence-electron chi connectivity index (χ0n) is 15.6. The molecule has 0 radical (unpaired) electrons. The van der Waals surface area contributed by atoms with Crippen LogP contribution >= 0.6 is 0 Å². The smallest absolute Gasteiger partial charge is 0.236 e. The second-order valence-electron chi connectivity index (χ2n) is 7.91. The Labute approximate surface area is 151 Å². The first-order chi connectivity index (χ1) is 12.3. The van der Waals surface area contributed by atoms with Crippen LogP contribution in [0.15, 0.2) is 16.7 Å². The number of rotatable bonds is 3. The standard InChI is InChI=1S/C18H24N6O2/c1-11-21-22-14(26-11)10-24-8-6-13-15(23-7-5-12(25)9-23)19-17(18(2,3)4)20-16(13)24/h6,8,12,25H,5,7,9-10H2,1-4H3. The number of aromatic nitrogens is 5. The molecule has 1 aliphatic heterocycles. The average molecular weight is 356 g/mol. The lowest BCUT2D eigenvalue weighted by molar-refractivity contribution is 0.198. The van der Waals surface area contributed by atoms with Gasteiger partial charge in [-0.1, -0.05) is 20.8 Å². The molecule has 3 aromatic rings. The van der Waals surface area contributed by atoms with E-state index >= 15 is 0 Å². The minimum Gasteiger partial charge on any atom is -0.424 e. The van der Waals surface area contributed by atoms with Crippen molar-refractivity contribution in [2.75, 3.05) is 18.0 Å². The van der Waals surface area contributed by atoms with Gasteiger partial charge in [0.1, 0.15) is 23.8 Å². The quantitative estimate of drug-likeness (QED) is 0.767. The second-order valence-corrected chi connectivity index (χ2v) is 7.91. The third-order valence-corrected chi connectivity index (χ3v) is 4.61. The normalized spacial score (nSPS) is 18.2. The van der Waals surface area contributed by atoms with Crippen LogP contribution < -0.4 is 4.90 Å². The molecule has 1 aliphatic rings. The first kappa shape index (κ1) is 17.0. The molecular weight excluding hydrogens is 332 g/mol. The maximum Gasteiger partial charge on any atom is 0.236 e. The van der Waals surface area contributed by atoms with Crippen LogP contribution in [0.1, 0.15) is 44.8 Å². The highest BCUT2D eigenvalue weighted by Gasteiger charge is 2.27. The maximum absolute atomic E-state index is 9.95. The molecular formula is C18H24N6O2. The van der Waals surface area contributed by atoms with Gasteiger partial charge in [0.15, 0.2) is 0 Å². The van der Waals surface area contributed by atoms with E-state index in [4.69, 9.17) is 14.4 Å². The zero-order valence-corrected chi connectivity index (χ0v) is 15.6. The number of aliphatic hydroxyl groups excluding tert-OH is 1. The van der Waals surface area contributed by atoms with Crippen molar-refractivity contribution in [1.82, 2.24) is 24.7 Å².